The van der Waals surface area contributed by atoms with E-state index in [0.717, 1.165) is 12.0 Å². The van der Waals surface area contributed by atoms with Gasteiger partial charge in [-0.15, -0.1) is 0 Å². The van der Waals surface area contributed by atoms with E-state index in [-0.39, 0.29) is 24.0 Å². The maximum atomic E-state index is 12.7. The van der Waals surface area contributed by atoms with Gasteiger partial charge >= 0.3 is 0 Å². The normalized spacial score (nSPS) is 14.7. The molecule has 3 amide bonds. The highest BCUT2D eigenvalue weighted by atomic mass is 32.2. The summed E-state index contributed by atoms with van der Waals surface area (Å²) >= 11 is 6.58. The number of benzene rings is 2. The van der Waals surface area contributed by atoms with Crippen LogP contribution in [-0.4, -0.2) is 38.6 Å². The highest BCUT2D eigenvalue weighted by molar-refractivity contribution is 8.26. The number of phenolic OH excluding ortho intramolecular Hbond substituents is 1. The van der Waals surface area contributed by atoms with Gasteiger partial charge in [0.15, 0.2) is 0 Å². The average Bonchev–Trinajstić information content (AvgIpc) is 3.05. The van der Waals surface area contributed by atoms with Gasteiger partial charge in [0.05, 0.1) is 4.91 Å². The summed E-state index contributed by atoms with van der Waals surface area (Å²) in [5.41, 5.74) is 7.13. The fourth-order valence-electron chi connectivity index (χ4n) is 2.97. The van der Waals surface area contributed by atoms with Gasteiger partial charge < -0.3 is 5.11 Å². The summed E-state index contributed by atoms with van der Waals surface area (Å²) in [5.74, 6) is -0.993. The van der Waals surface area contributed by atoms with Crippen molar-refractivity contribution in [2.24, 2.45) is 0 Å². The van der Waals surface area contributed by atoms with Crippen LogP contribution in [0.25, 0.3) is 6.08 Å². The zero-order valence-corrected chi connectivity index (χ0v) is 19.1. The molecule has 0 radical (unpaired) electrons. The number of aromatic hydroxyl groups is 1. The van der Waals surface area contributed by atoms with Crippen molar-refractivity contribution in [3.8, 4) is 5.75 Å². The number of rotatable bonds is 7. The van der Waals surface area contributed by atoms with Gasteiger partial charge in [-0.05, 0) is 54.3 Å². The SMILES string of the molecule is CCc1ccc(C=C2SC(=S)N(CCCC(=O)NNC(=O)c3ccc(O)cc3)C2=O)cc1. The molecule has 0 aliphatic carbocycles. The molecule has 0 aromatic heterocycles. The van der Waals surface area contributed by atoms with Crippen LogP contribution in [0.1, 0.15) is 41.3 Å². The van der Waals surface area contributed by atoms with E-state index < -0.39 is 5.91 Å². The van der Waals surface area contributed by atoms with Crippen molar-refractivity contribution in [1.82, 2.24) is 15.8 Å². The quantitative estimate of drug-likeness (QED) is 0.327. The van der Waals surface area contributed by atoms with E-state index in [4.69, 9.17) is 12.2 Å². The van der Waals surface area contributed by atoms with Crippen molar-refractivity contribution in [1.29, 1.82) is 0 Å². The van der Waals surface area contributed by atoms with E-state index >= 15 is 0 Å². The van der Waals surface area contributed by atoms with Crippen LogP contribution < -0.4 is 10.9 Å². The standard InChI is InChI=1S/C23H23N3O4S2/c1-2-15-5-7-16(8-6-15)14-19-22(30)26(23(31)32-19)13-3-4-20(28)24-25-21(29)17-9-11-18(27)12-10-17/h5-12,14,27H,2-4,13H2,1H3,(H,24,28)(H,25,29). The smallest absolute Gasteiger partial charge is 0.269 e. The molecule has 7 nitrogen and oxygen atoms in total. The summed E-state index contributed by atoms with van der Waals surface area (Å²) in [6, 6.07) is 13.7. The van der Waals surface area contributed by atoms with Crippen molar-refractivity contribution in [2.75, 3.05) is 6.54 Å². The van der Waals surface area contributed by atoms with Gasteiger partial charge in [-0.1, -0.05) is 55.2 Å². The van der Waals surface area contributed by atoms with Crippen LogP contribution in [0.2, 0.25) is 0 Å². The topological polar surface area (TPSA) is 98.7 Å². The van der Waals surface area contributed by atoms with Crippen molar-refractivity contribution in [2.45, 2.75) is 26.2 Å². The van der Waals surface area contributed by atoms with Crippen LogP contribution in [-0.2, 0) is 16.0 Å². The molecule has 9 heteroatoms. The number of carbonyl (C=O) groups excluding carboxylic acids is 3. The number of carbonyl (C=O) groups is 3. The molecule has 1 aliphatic heterocycles. The molecule has 3 rings (SSSR count). The molecule has 166 valence electrons. The maximum Gasteiger partial charge on any atom is 0.269 e. The van der Waals surface area contributed by atoms with Crippen LogP contribution in [0, 0.1) is 0 Å². The molecule has 0 atom stereocenters. The minimum absolute atomic E-state index is 0.0468. The number of thioether (sulfide) groups is 1. The van der Waals surface area contributed by atoms with Gasteiger partial charge in [-0.25, -0.2) is 0 Å². The Morgan fingerprint density at radius 3 is 2.44 bits per heavy atom. The first-order valence-electron chi connectivity index (χ1n) is 10.1. The third kappa shape index (κ3) is 6.18. The lowest BCUT2D eigenvalue weighted by Crippen LogP contribution is -2.41. The Hall–Kier alpha value is -3.17. The first-order chi connectivity index (χ1) is 15.4. The molecule has 0 bridgehead atoms. The number of amides is 3. The molecular weight excluding hydrogens is 446 g/mol. The van der Waals surface area contributed by atoms with Crippen LogP contribution >= 0.6 is 24.0 Å². The Labute approximate surface area is 195 Å². The van der Waals surface area contributed by atoms with Crippen LogP contribution in [0.4, 0.5) is 0 Å². The molecule has 2 aromatic carbocycles. The highest BCUT2D eigenvalue weighted by Crippen LogP contribution is 2.32. The molecule has 1 saturated heterocycles. The minimum Gasteiger partial charge on any atom is -0.508 e. The van der Waals surface area contributed by atoms with E-state index in [1.54, 1.807) is 0 Å². The van der Waals surface area contributed by atoms with Gasteiger partial charge in [0, 0.05) is 18.5 Å². The lowest BCUT2D eigenvalue weighted by molar-refractivity contribution is -0.124. The summed E-state index contributed by atoms with van der Waals surface area (Å²) in [6.07, 6.45) is 3.29. The van der Waals surface area contributed by atoms with E-state index in [1.165, 1.54) is 46.5 Å². The monoisotopic (exact) mass is 469 g/mol. The number of nitrogens with zero attached hydrogens (tertiary/aromatic N) is 1. The number of hydrogen-bond donors (Lipinski definition) is 3. The summed E-state index contributed by atoms with van der Waals surface area (Å²) in [5, 5.41) is 9.25. The summed E-state index contributed by atoms with van der Waals surface area (Å²) in [6.45, 7) is 2.40. The van der Waals surface area contributed by atoms with Crippen molar-refractivity contribution >= 4 is 52.1 Å². The van der Waals surface area contributed by atoms with Gasteiger partial charge in [0.25, 0.3) is 11.8 Å². The Morgan fingerprint density at radius 1 is 1.09 bits per heavy atom. The summed E-state index contributed by atoms with van der Waals surface area (Å²) in [4.78, 5) is 38.7. The second kappa shape index (κ2) is 10.9. The fraction of sp³-hybridized carbons (Fsp3) is 0.217. The molecule has 0 saturated carbocycles. The first kappa shape index (κ1) is 23.5. The number of phenols is 1. The second-order valence-electron chi connectivity index (χ2n) is 7.08. The average molecular weight is 470 g/mol. The van der Waals surface area contributed by atoms with Gasteiger partial charge in [0.1, 0.15) is 10.1 Å². The highest BCUT2D eigenvalue weighted by Gasteiger charge is 2.31. The van der Waals surface area contributed by atoms with E-state index in [9.17, 15) is 19.5 Å². The Bertz CT molecular complexity index is 1050. The molecule has 1 fully saturated rings. The minimum atomic E-state index is -0.493. The second-order valence-corrected chi connectivity index (χ2v) is 8.76. The fourth-order valence-corrected chi connectivity index (χ4v) is 4.27. The van der Waals surface area contributed by atoms with Crippen LogP contribution in [0.5, 0.6) is 5.75 Å². The summed E-state index contributed by atoms with van der Waals surface area (Å²) in [7, 11) is 0. The third-order valence-electron chi connectivity index (χ3n) is 4.79. The number of thiocarbonyl (C=S) groups is 1. The van der Waals surface area contributed by atoms with Crippen LogP contribution in [0.3, 0.4) is 0 Å². The number of nitrogens with one attached hydrogen (secondary N) is 2. The van der Waals surface area contributed by atoms with Crippen LogP contribution in [0.15, 0.2) is 53.4 Å². The molecule has 0 unspecified atom stereocenters. The largest absolute Gasteiger partial charge is 0.508 e. The summed E-state index contributed by atoms with van der Waals surface area (Å²) < 4.78 is 0.465. The van der Waals surface area contributed by atoms with Crippen molar-refractivity contribution in [3.63, 3.8) is 0 Å². The van der Waals surface area contributed by atoms with Gasteiger partial charge in [-0.2, -0.15) is 0 Å². The zero-order valence-electron chi connectivity index (χ0n) is 17.5. The van der Waals surface area contributed by atoms with Gasteiger partial charge in [-0.3, -0.25) is 30.1 Å². The maximum absolute atomic E-state index is 12.7. The predicted octanol–water partition coefficient (Wildman–Crippen LogP) is 3.40. The molecule has 0 spiro atoms. The van der Waals surface area contributed by atoms with E-state index in [0.29, 0.717) is 27.8 Å². The molecule has 1 aliphatic rings. The molecule has 2 aromatic rings. The van der Waals surface area contributed by atoms with Gasteiger partial charge in [0.2, 0.25) is 5.91 Å². The van der Waals surface area contributed by atoms with Crippen molar-refractivity contribution < 1.29 is 19.5 Å². The molecular formula is C23H23N3O4S2. The lowest BCUT2D eigenvalue weighted by Gasteiger charge is -2.14. The number of aryl methyl sites for hydroxylation is 1. The third-order valence-corrected chi connectivity index (χ3v) is 6.17. The Morgan fingerprint density at radius 2 is 1.78 bits per heavy atom. The molecule has 3 N–H and O–H groups in total. The zero-order chi connectivity index (χ0) is 23.1. The molecule has 1 heterocycles. The van der Waals surface area contributed by atoms with E-state index in [2.05, 4.69) is 17.8 Å². The molecule has 32 heavy (non-hydrogen) atoms. The lowest BCUT2D eigenvalue weighted by atomic mass is 10.1. The van der Waals surface area contributed by atoms with Crippen molar-refractivity contribution in [3.05, 3.63) is 70.1 Å². The predicted molar refractivity (Wildman–Crippen MR) is 129 cm³/mol. The first-order valence-corrected chi connectivity index (χ1v) is 11.3. The number of hydrogen-bond acceptors (Lipinski definition) is 6. The Balaban J connectivity index is 1.45. The van der Waals surface area contributed by atoms with E-state index in [1.807, 2.05) is 30.3 Å². The Kier molecular flexibility index (Phi) is 8.02. The number of hydrazine groups is 1.